The van der Waals surface area contributed by atoms with Gasteiger partial charge < -0.3 is 9.47 Å². The lowest BCUT2D eigenvalue weighted by Crippen LogP contribution is -2.16. The summed E-state index contributed by atoms with van der Waals surface area (Å²) < 4.78 is 10.9. The van der Waals surface area contributed by atoms with Gasteiger partial charge in [-0.3, -0.25) is 0 Å². The normalized spacial score (nSPS) is 10.5. The fourth-order valence-electron chi connectivity index (χ4n) is 2.78. The molecular formula is C21H26O3. The van der Waals surface area contributed by atoms with E-state index in [1.54, 1.807) is 6.07 Å². The fraction of sp³-hybridized carbons (Fsp3) is 0.381. The van der Waals surface area contributed by atoms with Gasteiger partial charge in [0.1, 0.15) is 11.5 Å². The second-order valence-corrected chi connectivity index (χ2v) is 6.05. The standard InChI is InChI=1S/C21H26O3/c1-5-9-17-12-8-14-20(18(17)10-6-2)24-21(22)23-19-13-7-11-15(3)16(19)4/h7-8,11-14H,5-6,9-10H2,1-4H3. The molecule has 0 unspecified atom stereocenters. The lowest BCUT2D eigenvalue weighted by molar-refractivity contribution is 0.151. The van der Waals surface area contributed by atoms with Crippen molar-refractivity contribution in [2.45, 2.75) is 53.4 Å². The lowest BCUT2D eigenvalue weighted by atomic mass is 9.99. The molecule has 0 heterocycles. The minimum absolute atomic E-state index is 0.543. The molecule has 0 amide bonds. The van der Waals surface area contributed by atoms with E-state index in [0.29, 0.717) is 11.5 Å². The van der Waals surface area contributed by atoms with Gasteiger partial charge in [-0.2, -0.15) is 0 Å². The number of aryl methyl sites for hydroxylation is 2. The van der Waals surface area contributed by atoms with Crippen LogP contribution in [0.2, 0.25) is 0 Å². The van der Waals surface area contributed by atoms with Crippen LogP contribution < -0.4 is 9.47 Å². The Labute approximate surface area is 144 Å². The summed E-state index contributed by atoms with van der Waals surface area (Å²) in [4.78, 5) is 12.2. The van der Waals surface area contributed by atoms with Gasteiger partial charge in [-0.05, 0) is 61.1 Å². The number of benzene rings is 2. The van der Waals surface area contributed by atoms with Gasteiger partial charge >= 0.3 is 6.16 Å². The van der Waals surface area contributed by atoms with Crippen molar-refractivity contribution < 1.29 is 14.3 Å². The summed E-state index contributed by atoms with van der Waals surface area (Å²) in [5.74, 6) is 1.15. The van der Waals surface area contributed by atoms with Crippen molar-refractivity contribution in [3.05, 3.63) is 58.7 Å². The van der Waals surface area contributed by atoms with Crippen molar-refractivity contribution in [1.82, 2.24) is 0 Å². The van der Waals surface area contributed by atoms with Crippen LogP contribution in [0.3, 0.4) is 0 Å². The summed E-state index contributed by atoms with van der Waals surface area (Å²) in [6, 6.07) is 11.5. The highest BCUT2D eigenvalue weighted by Crippen LogP contribution is 2.27. The maximum absolute atomic E-state index is 12.2. The highest BCUT2D eigenvalue weighted by atomic mass is 16.7. The van der Waals surface area contributed by atoms with Gasteiger partial charge in [0.15, 0.2) is 0 Å². The highest BCUT2D eigenvalue weighted by molar-refractivity contribution is 5.68. The number of carbonyl (C=O) groups excluding carboxylic acids is 1. The SMILES string of the molecule is CCCc1cccc(OC(=O)Oc2cccc(C)c2C)c1CCC. The van der Waals surface area contributed by atoms with Gasteiger partial charge in [0.2, 0.25) is 0 Å². The Kier molecular flexibility index (Phi) is 6.42. The molecule has 3 heteroatoms. The minimum Gasteiger partial charge on any atom is -0.394 e. The van der Waals surface area contributed by atoms with Crippen LogP contribution in [0.1, 0.15) is 48.9 Å². The third-order valence-corrected chi connectivity index (χ3v) is 4.19. The fourth-order valence-corrected chi connectivity index (χ4v) is 2.78. The summed E-state index contributed by atoms with van der Waals surface area (Å²) in [5.41, 5.74) is 4.39. The highest BCUT2D eigenvalue weighted by Gasteiger charge is 2.15. The van der Waals surface area contributed by atoms with Crippen molar-refractivity contribution >= 4 is 6.16 Å². The van der Waals surface area contributed by atoms with Gasteiger partial charge in [-0.1, -0.05) is 51.0 Å². The lowest BCUT2D eigenvalue weighted by Gasteiger charge is -2.14. The van der Waals surface area contributed by atoms with E-state index in [-0.39, 0.29) is 0 Å². The van der Waals surface area contributed by atoms with E-state index in [1.165, 1.54) is 5.56 Å². The van der Waals surface area contributed by atoms with Crippen LogP contribution in [0.25, 0.3) is 0 Å². The first kappa shape index (κ1) is 18.1. The molecule has 2 aromatic carbocycles. The van der Waals surface area contributed by atoms with E-state index in [0.717, 1.165) is 42.4 Å². The molecule has 3 nitrogen and oxygen atoms in total. The summed E-state index contributed by atoms with van der Waals surface area (Å²) in [5, 5.41) is 0. The third kappa shape index (κ3) is 4.38. The summed E-state index contributed by atoms with van der Waals surface area (Å²) in [7, 11) is 0. The minimum atomic E-state index is -0.685. The molecule has 0 N–H and O–H groups in total. The van der Waals surface area contributed by atoms with Gasteiger partial charge in [-0.25, -0.2) is 4.79 Å². The first-order valence-electron chi connectivity index (χ1n) is 8.63. The van der Waals surface area contributed by atoms with Crippen LogP contribution >= 0.6 is 0 Å². The van der Waals surface area contributed by atoms with Crippen molar-refractivity contribution in [1.29, 1.82) is 0 Å². The Bertz CT molecular complexity index is 704. The molecular weight excluding hydrogens is 300 g/mol. The van der Waals surface area contributed by atoms with Crippen LogP contribution in [0, 0.1) is 13.8 Å². The average molecular weight is 326 g/mol. The molecule has 0 aliphatic rings. The topological polar surface area (TPSA) is 35.5 Å². The molecule has 2 aromatic rings. The molecule has 0 saturated carbocycles. The Morgan fingerprint density at radius 3 is 2.21 bits per heavy atom. The second-order valence-electron chi connectivity index (χ2n) is 6.05. The number of rotatable bonds is 6. The zero-order chi connectivity index (χ0) is 17.5. The van der Waals surface area contributed by atoms with Crippen LogP contribution in [0.15, 0.2) is 36.4 Å². The van der Waals surface area contributed by atoms with Gasteiger partial charge in [0.05, 0.1) is 0 Å². The molecule has 0 bridgehead atoms. The molecule has 0 spiro atoms. The number of carbonyl (C=O) groups is 1. The van der Waals surface area contributed by atoms with Crippen LogP contribution in [0.5, 0.6) is 11.5 Å². The number of hydrogen-bond donors (Lipinski definition) is 0. The maximum atomic E-state index is 12.2. The molecule has 0 fully saturated rings. The first-order valence-corrected chi connectivity index (χ1v) is 8.63. The van der Waals surface area contributed by atoms with Crippen LogP contribution in [0.4, 0.5) is 4.79 Å². The molecule has 0 radical (unpaired) electrons. The first-order chi connectivity index (χ1) is 11.6. The zero-order valence-corrected chi connectivity index (χ0v) is 15.0. The molecule has 0 aliphatic carbocycles. The maximum Gasteiger partial charge on any atom is 0.519 e. The van der Waals surface area contributed by atoms with Crippen LogP contribution in [-0.4, -0.2) is 6.16 Å². The smallest absolute Gasteiger partial charge is 0.394 e. The third-order valence-electron chi connectivity index (χ3n) is 4.19. The largest absolute Gasteiger partial charge is 0.519 e. The van der Waals surface area contributed by atoms with Crippen molar-refractivity contribution in [3.63, 3.8) is 0 Å². The van der Waals surface area contributed by atoms with Crippen molar-refractivity contribution in [3.8, 4) is 11.5 Å². The van der Waals surface area contributed by atoms with Crippen molar-refractivity contribution in [2.24, 2.45) is 0 Å². The summed E-state index contributed by atoms with van der Waals surface area (Å²) in [6.45, 7) is 8.20. The molecule has 0 atom stereocenters. The predicted octanol–water partition coefficient (Wildman–Crippen LogP) is 5.79. The van der Waals surface area contributed by atoms with E-state index in [9.17, 15) is 4.79 Å². The molecule has 0 aliphatic heterocycles. The zero-order valence-electron chi connectivity index (χ0n) is 15.0. The van der Waals surface area contributed by atoms with E-state index < -0.39 is 6.16 Å². The molecule has 2 rings (SSSR count). The van der Waals surface area contributed by atoms with E-state index >= 15 is 0 Å². The molecule has 128 valence electrons. The monoisotopic (exact) mass is 326 g/mol. The Hall–Kier alpha value is -2.29. The van der Waals surface area contributed by atoms with Crippen LogP contribution in [-0.2, 0) is 12.8 Å². The van der Waals surface area contributed by atoms with Gasteiger partial charge in [0.25, 0.3) is 0 Å². The quantitative estimate of drug-likeness (QED) is 0.498. The molecule has 24 heavy (non-hydrogen) atoms. The van der Waals surface area contributed by atoms with Gasteiger partial charge in [-0.15, -0.1) is 0 Å². The van der Waals surface area contributed by atoms with Gasteiger partial charge in [0, 0.05) is 0 Å². The van der Waals surface area contributed by atoms with Crippen molar-refractivity contribution in [2.75, 3.05) is 0 Å². The predicted molar refractivity (Wildman–Crippen MR) is 97.0 cm³/mol. The Morgan fingerprint density at radius 1 is 0.875 bits per heavy atom. The number of ether oxygens (including phenoxy) is 2. The van der Waals surface area contributed by atoms with E-state index in [2.05, 4.69) is 19.9 Å². The summed E-state index contributed by atoms with van der Waals surface area (Å²) in [6.07, 6.45) is 3.26. The molecule has 0 aromatic heterocycles. The Morgan fingerprint density at radius 2 is 1.50 bits per heavy atom. The average Bonchev–Trinajstić information content (AvgIpc) is 2.55. The Balaban J connectivity index is 2.19. The summed E-state index contributed by atoms with van der Waals surface area (Å²) >= 11 is 0. The molecule has 0 saturated heterocycles. The second kappa shape index (κ2) is 8.53. The van der Waals surface area contributed by atoms with E-state index in [4.69, 9.17) is 9.47 Å². The number of hydrogen-bond acceptors (Lipinski definition) is 3. The van der Waals surface area contributed by atoms with E-state index in [1.807, 2.05) is 38.1 Å².